The lowest BCUT2D eigenvalue weighted by Crippen LogP contribution is -2.02. The molecule has 3 rings (SSSR count). The lowest BCUT2D eigenvalue weighted by Gasteiger charge is -1.96. The summed E-state index contributed by atoms with van der Waals surface area (Å²) in [6, 6.07) is 3.99. The standard InChI is InChI=1S/C13H13BrN4OS/c1-8(14)10-6-18(17-16-10)7-11-9(2)19-13(15-11)12-4-3-5-20-12/h3-6,8H,7H2,1-2H3. The molecule has 0 fully saturated rings. The van der Waals surface area contributed by atoms with E-state index in [1.165, 1.54) is 0 Å². The zero-order chi connectivity index (χ0) is 14.1. The summed E-state index contributed by atoms with van der Waals surface area (Å²) < 4.78 is 7.49. The predicted molar refractivity (Wildman–Crippen MR) is 81.0 cm³/mol. The van der Waals surface area contributed by atoms with Gasteiger partial charge in [0.2, 0.25) is 5.89 Å². The van der Waals surface area contributed by atoms with Gasteiger partial charge >= 0.3 is 0 Å². The zero-order valence-electron chi connectivity index (χ0n) is 11.1. The Kier molecular flexibility index (Phi) is 3.71. The highest BCUT2D eigenvalue weighted by Gasteiger charge is 2.14. The molecule has 0 amide bonds. The quantitative estimate of drug-likeness (QED) is 0.670. The van der Waals surface area contributed by atoms with Crippen LogP contribution < -0.4 is 0 Å². The van der Waals surface area contributed by atoms with E-state index in [0.717, 1.165) is 22.0 Å². The molecule has 0 bridgehead atoms. The van der Waals surface area contributed by atoms with Gasteiger partial charge in [0.05, 0.1) is 28.1 Å². The van der Waals surface area contributed by atoms with Crippen LogP contribution in [0.25, 0.3) is 10.8 Å². The van der Waals surface area contributed by atoms with Gasteiger partial charge in [-0.2, -0.15) is 0 Å². The van der Waals surface area contributed by atoms with Crippen LogP contribution >= 0.6 is 27.3 Å². The fourth-order valence-corrected chi connectivity index (χ4v) is 2.67. The monoisotopic (exact) mass is 352 g/mol. The van der Waals surface area contributed by atoms with Crippen LogP contribution in [0.15, 0.2) is 28.1 Å². The summed E-state index contributed by atoms with van der Waals surface area (Å²) in [4.78, 5) is 5.77. The number of rotatable bonds is 4. The van der Waals surface area contributed by atoms with Gasteiger partial charge in [0.1, 0.15) is 11.5 Å². The lowest BCUT2D eigenvalue weighted by molar-refractivity contribution is 0.536. The van der Waals surface area contributed by atoms with Crippen LogP contribution in [0.5, 0.6) is 0 Å². The van der Waals surface area contributed by atoms with E-state index in [2.05, 4.69) is 31.2 Å². The number of aryl methyl sites for hydroxylation is 1. The first-order valence-electron chi connectivity index (χ1n) is 6.18. The maximum absolute atomic E-state index is 5.71. The Balaban J connectivity index is 1.83. The van der Waals surface area contributed by atoms with Crippen LogP contribution in [-0.2, 0) is 6.54 Å². The molecule has 0 N–H and O–H groups in total. The van der Waals surface area contributed by atoms with Crippen LogP contribution in [0.2, 0.25) is 0 Å². The van der Waals surface area contributed by atoms with E-state index in [4.69, 9.17) is 4.42 Å². The minimum atomic E-state index is 0.191. The second-order valence-corrected chi connectivity index (χ2v) is 6.78. The fraction of sp³-hybridized carbons (Fsp3) is 0.308. The maximum Gasteiger partial charge on any atom is 0.236 e. The number of hydrogen-bond donors (Lipinski definition) is 0. The maximum atomic E-state index is 5.71. The van der Waals surface area contributed by atoms with Crippen molar-refractivity contribution < 1.29 is 4.42 Å². The van der Waals surface area contributed by atoms with Gasteiger partial charge in [-0.1, -0.05) is 27.2 Å². The van der Waals surface area contributed by atoms with Crippen LogP contribution in [0.1, 0.15) is 28.9 Å². The second kappa shape index (κ2) is 5.49. The van der Waals surface area contributed by atoms with Crippen LogP contribution in [0.4, 0.5) is 0 Å². The second-order valence-electron chi connectivity index (χ2n) is 4.46. The molecular formula is C13H13BrN4OS. The van der Waals surface area contributed by atoms with Gasteiger partial charge in [-0.05, 0) is 25.3 Å². The molecule has 0 aliphatic rings. The molecule has 3 aromatic heterocycles. The molecule has 0 aromatic carbocycles. The Labute approximate surface area is 128 Å². The highest BCUT2D eigenvalue weighted by atomic mass is 79.9. The fourth-order valence-electron chi connectivity index (χ4n) is 1.81. The van der Waals surface area contributed by atoms with Crippen LogP contribution in [-0.4, -0.2) is 20.0 Å². The first kappa shape index (κ1) is 13.5. The molecule has 0 radical (unpaired) electrons. The molecule has 0 saturated carbocycles. The largest absolute Gasteiger partial charge is 0.440 e. The normalized spacial score (nSPS) is 12.8. The predicted octanol–water partition coefficient (Wildman–Crippen LogP) is 3.81. The van der Waals surface area contributed by atoms with Crippen molar-refractivity contribution in [3.05, 3.63) is 40.9 Å². The van der Waals surface area contributed by atoms with Gasteiger partial charge < -0.3 is 4.42 Å². The Bertz CT molecular complexity index is 702. The van der Waals surface area contributed by atoms with Gasteiger partial charge in [0.15, 0.2) is 0 Å². The topological polar surface area (TPSA) is 56.7 Å². The van der Waals surface area contributed by atoms with Crippen LogP contribution in [0, 0.1) is 6.92 Å². The average Bonchev–Trinajstić information content (AvgIpc) is 3.11. The van der Waals surface area contributed by atoms with E-state index in [0.29, 0.717) is 12.4 Å². The summed E-state index contributed by atoms with van der Waals surface area (Å²) in [6.07, 6.45) is 1.92. The third-order valence-corrected chi connectivity index (χ3v) is 4.23. The van der Waals surface area contributed by atoms with E-state index in [1.807, 2.05) is 37.6 Å². The third kappa shape index (κ3) is 2.69. The lowest BCUT2D eigenvalue weighted by atomic mass is 10.3. The van der Waals surface area contributed by atoms with E-state index in [-0.39, 0.29) is 4.83 Å². The Morgan fingerprint density at radius 2 is 2.35 bits per heavy atom. The molecule has 0 saturated heterocycles. The highest BCUT2D eigenvalue weighted by Crippen LogP contribution is 2.26. The summed E-state index contributed by atoms with van der Waals surface area (Å²) >= 11 is 5.09. The molecule has 5 nitrogen and oxygen atoms in total. The summed E-state index contributed by atoms with van der Waals surface area (Å²) in [5, 5.41) is 10.2. The number of aromatic nitrogens is 4. The Morgan fingerprint density at radius 3 is 3.00 bits per heavy atom. The molecule has 1 unspecified atom stereocenters. The molecule has 0 aliphatic heterocycles. The van der Waals surface area contributed by atoms with E-state index in [1.54, 1.807) is 16.0 Å². The third-order valence-electron chi connectivity index (χ3n) is 2.90. The molecule has 3 heterocycles. The average molecular weight is 353 g/mol. The van der Waals surface area contributed by atoms with Crippen molar-refractivity contribution in [1.29, 1.82) is 0 Å². The van der Waals surface area contributed by atoms with Gasteiger partial charge in [0.25, 0.3) is 0 Å². The molecule has 0 aliphatic carbocycles. The minimum absolute atomic E-state index is 0.191. The van der Waals surface area contributed by atoms with Crippen molar-refractivity contribution in [3.63, 3.8) is 0 Å². The van der Waals surface area contributed by atoms with Gasteiger partial charge in [-0.15, -0.1) is 16.4 Å². The first-order chi connectivity index (χ1) is 9.63. The van der Waals surface area contributed by atoms with Gasteiger partial charge in [-0.3, -0.25) is 0 Å². The molecular weight excluding hydrogens is 340 g/mol. The Morgan fingerprint density at radius 1 is 1.50 bits per heavy atom. The van der Waals surface area contributed by atoms with Gasteiger partial charge in [0, 0.05) is 0 Å². The number of nitrogens with zero attached hydrogens (tertiary/aromatic N) is 4. The van der Waals surface area contributed by atoms with Crippen LogP contribution in [0.3, 0.4) is 0 Å². The van der Waals surface area contributed by atoms with Crippen molar-refractivity contribution in [1.82, 2.24) is 20.0 Å². The van der Waals surface area contributed by atoms with Crippen molar-refractivity contribution in [2.45, 2.75) is 25.2 Å². The number of alkyl halides is 1. The SMILES string of the molecule is Cc1oc(-c2cccs2)nc1Cn1cc(C(C)Br)nn1. The summed E-state index contributed by atoms with van der Waals surface area (Å²) in [7, 11) is 0. The van der Waals surface area contributed by atoms with Crippen molar-refractivity contribution in [3.8, 4) is 10.8 Å². The number of halogens is 1. The highest BCUT2D eigenvalue weighted by molar-refractivity contribution is 9.09. The molecule has 3 aromatic rings. The van der Waals surface area contributed by atoms with E-state index >= 15 is 0 Å². The van der Waals surface area contributed by atoms with Gasteiger partial charge in [-0.25, -0.2) is 9.67 Å². The van der Waals surface area contributed by atoms with Crippen molar-refractivity contribution in [2.75, 3.05) is 0 Å². The molecule has 0 spiro atoms. The first-order valence-corrected chi connectivity index (χ1v) is 7.97. The molecule has 20 heavy (non-hydrogen) atoms. The van der Waals surface area contributed by atoms with E-state index < -0.39 is 0 Å². The summed E-state index contributed by atoms with van der Waals surface area (Å²) in [5.74, 6) is 1.49. The number of oxazole rings is 1. The molecule has 1 atom stereocenters. The minimum Gasteiger partial charge on any atom is -0.440 e. The summed E-state index contributed by atoms with van der Waals surface area (Å²) in [6.45, 7) is 4.50. The molecule has 7 heteroatoms. The van der Waals surface area contributed by atoms with Crippen molar-refractivity contribution >= 4 is 27.3 Å². The zero-order valence-corrected chi connectivity index (χ0v) is 13.5. The summed E-state index contributed by atoms with van der Waals surface area (Å²) in [5.41, 5.74) is 1.79. The van der Waals surface area contributed by atoms with Crippen molar-refractivity contribution in [2.24, 2.45) is 0 Å². The smallest absolute Gasteiger partial charge is 0.236 e. The number of thiophene rings is 1. The Hall–Kier alpha value is -1.47. The number of hydrogen-bond acceptors (Lipinski definition) is 5. The van der Waals surface area contributed by atoms with E-state index in [9.17, 15) is 0 Å². The molecule has 104 valence electrons.